The average molecular weight is 425 g/mol. The number of carbonyl (C=O) groups excluding carboxylic acids is 2. The summed E-state index contributed by atoms with van der Waals surface area (Å²) in [5.74, 6) is -1.87. The first-order chi connectivity index (χ1) is 14.7. The maximum absolute atomic E-state index is 14.0. The van der Waals surface area contributed by atoms with Gasteiger partial charge in [0.2, 0.25) is 5.91 Å². The number of carbonyl (C=O) groups is 2. The van der Waals surface area contributed by atoms with Crippen molar-refractivity contribution in [1.82, 2.24) is 0 Å². The molecule has 1 unspecified atom stereocenters. The van der Waals surface area contributed by atoms with E-state index in [0.29, 0.717) is 11.3 Å². The van der Waals surface area contributed by atoms with E-state index in [0.717, 1.165) is 11.6 Å². The van der Waals surface area contributed by atoms with Crippen molar-refractivity contribution < 1.29 is 23.1 Å². The maximum atomic E-state index is 14.0. The van der Waals surface area contributed by atoms with Crippen molar-refractivity contribution in [3.63, 3.8) is 0 Å². The molecule has 3 aromatic rings. The quantitative estimate of drug-likeness (QED) is 0.552. The number of ether oxygens (including phenoxy) is 1. The van der Waals surface area contributed by atoms with Crippen LogP contribution in [-0.2, 0) is 4.79 Å². The number of amides is 2. The van der Waals surface area contributed by atoms with Crippen LogP contribution in [0.3, 0.4) is 0 Å². The number of hydrogen-bond donors (Lipinski definition) is 3. The predicted molar refractivity (Wildman–Crippen MR) is 113 cm³/mol. The first-order valence-electron chi connectivity index (χ1n) is 9.36. The van der Waals surface area contributed by atoms with Crippen molar-refractivity contribution in [2.75, 3.05) is 5.32 Å². The van der Waals surface area contributed by atoms with E-state index in [1.54, 1.807) is 25.1 Å². The molecule has 0 radical (unpaired) electrons. The SMILES string of the molecule is Cc1ccc(Oc2ccc(F)cc2C)c(C(=O)Nc2ccc(F)c(C(N)C(N)=O)c2)c1. The molecule has 2 amide bonds. The third-order valence-corrected chi connectivity index (χ3v) is 4.63. The Morgan fingerprint density at radius 1 is 0.968 bits per heavy atom. The lowest BCUT2D eigenvalue weighted by Gasteiger charge is -2.15. The van der Waals surface area contributed by atoms with Crippen LogP contribution in [0.15, 0.2) is 54.6 Å². The smallest absolute Gasteiger partial charge is 0.259 e. The number of nitrogens with one attached hydrogen (secondary N) is 1. The fourth-order valence-electron chi connectivity index (χ4n) is 2.97. The van der Waals surface area contributed by atoms with Crippen LogP contribution in [0, 0.1) is 25.5 Å². The van der Waals surface area contributed by atoms with E-state index in [1.807, 2.05) is 6.92 Å². The lowest BCUT2D eigenvalue weighted by Crippen LogP contribution is -2.29. The number of anilines is 1. The first kappa shape index (κ1) is 21.9. The van der Waals surface area contributed by atoms with Crippen LogP contribution in [0.1, 0.15) is 33.1 Å². The summed E-state index contributed by atoms with van der Waals surface area (Å²) in [6, 6.07) is 11.4. The third-order valence-electron chi connectivity index (χ3n) is 4.63. The van der Waals surface area contributed by atoms with Crippen molar-refractivity contribution in [3.05, 3.63) is 88.5 Å². The van der Waals surface area contributed by atoms with Crippen molar-refractivity contribution in [2.45, 2.75) is 19.9 Å². The number of benzene rings is 3. The molecule has 3 rings (SSSR count). The molecule has 0 saturated heterocycles. The standard InChI is InChI=1S/C23H21F2N3O3/c1-12-3-7-20(31-19-8-4-14(24)10-13(19)2)17(9-12)23(30)28-15-5-6-18(25)16(11-15)21(26)22(27)29/h3-11,21H,26H2,1-2H3,(H2,27,29)(H,28,30). The Kier molecular flexibility index (Phi) is 6.31. The number of rotatable bonds is 6. The van der Waals surface area contributed by atoms with Gasteiger partial charge in [0.1, 0.15) is 29.2 Å². The van der Waals surface area contributed by atoms with E-state index in [-0.39, 0.29) is 22.6 Å². The number of hydrogen-bond acceptors (Lipinski definition) is 4. The molecule has 3 aromatic carbocycles. The maximum Gasteiger partial charge on any atom is 0.259 e. The van der Waals surface area contributed by atoms with Gasteiger partial charge in [-0.3, -0.25) is 9.59 Å². The topological polar surface area (TPSA) is 107 Å². The highest BCUT2D eigenvalue weighted by Gasteiger charge is 2.19. The highest BCUT2D eigenvalue weighted by Crippen LogP contribution is 2.30. The van der Waals surface area contributed by atoms with Crippen LogP contribution in [-0.4, -0.2) is 11.8 Å². The minimum Gasteiger partial charge on any atom is -0.456 e. The first-order valence-corrected chi connectivity index (χ1v) is 9.36. The van der Waals surface area contributed by atoms with Gasteiger partial charge in [0.05, 0.1) is 5.56 Å². The molecule has 0 saturated carbocycles. The van der Waals surface area contributed by atoms with Crippen LogP contribution in [0.5, 0.6) is 11.5 Å². The minimum atomic E-state index is -1.35. The predicted octanol–water partition coefficient (Wildman–Crippen LogP) is 4.11. The Hall–Kier alpha value is -3.78. The molecule has 31 heavy (non-hydrogen) atoms. The van der Waals surface area contributed by atoms with Crippen molar-refractivity contribution in [2.24, 2.45) is 11.5 Å². The molecular weight excluding hydrogens is 404 g/mol. The summed E-state index contributed by atoms with van der Waals surface area (Å²) in [5.41, 5.74) is 12.5. The van der Waals surface area contributed by atoms with Crippen molar-refractivity contribution >= 4 is 17.5 Å². The van der Waals surface area contributed by atoms with Gasteiger partial charge in [-0.25, -0.2) is 8.78 Å². The fraction of sp³-hybridized carbons (Fsp3) is 0.130. The van der Waals surface area contributed by atoms with Gasteiger partial charge in [0, 0.05) is 11.3 Å². The lowest BCUT2D eigenvalue weighted by molar-refractivity contribution is -0.119. The molecule has 1 atom stereocenters. The normalized spacial score (nSPS) is 11.6. The highest BCUT2D eigenvalue weighted by atomic mass is 19.1. The summed E-state index contributed by atoms with van der Waals surface area (Å²) in [5, 5.41) is 2.64. The number of primary amides is 1. The van der Waals surface area contributed by atoms with Gasteiger partial charge in [-0.1, -0.05) is 11.6 Å². The summed E-state index contributed by atoms with van der Waals surface area (Å²) in [6.45, 7) is 3.50. The average Bonchev–Trinajstić information content (AvgIpc) is 2.71. The minimum absolute atomic E-state index is 0.132. The lowest BCUT2D eigenvalue weighted by atomic mass is 10.1. The number of halogens is 2. The van der Waals surface area contributed by atoms with Crippen LogP contribution < -0.4 is 21.5 Å². The second kappa shape index (κ2) is 8.93. The molecule has 6 nitrogen and oxygen atoms in total. The highest BCUT2D eigenvalue weighted by molar-refractivity contribution is 6.06. The Morgan fingerprint density at radius 3 is 2.35 bits per heavy atom. The van der Waals surface area contributed by atoms with E-state index in [9.17, 15) is 18.4 Å². The molecule has 0 aliphatic rings. The van der Waals surface area contributed by atoms with Crippen molar-refractivity contribution in [3.8, 4) is 11.5 Å². The molecular formula is C23H21F2N3O3. The third kappa shape index (κ3) is 5.04. The Balaban J connectivity index is 1.91. The van der Waals surface area contributed by atoms with Gasteiger partial charge >= 0.3 is 0 Å². The van der Waals surface area contributed by atoms with Crippen LogP contribution in [0.2, 0.25) is 0 Å². The molecule has 5 N–H and O–H groups in total. The molecule has 0 fully saturated rings. The van der Waals surface area contributed by atoms with Crippen LogP contribution in [0.4, 0.5) is 14.5 Å². The summed E-state index contributed by atoms with van der Waals surface area (Å²) >= 11 is 0. The summed E-state index contributed by atoms with van der Waals surface area (Å²) in [4.78, 5) is 24.3. The summed E-state index contributed by atoms with van der Waals surface area (Å²) in [7, 11) is 0. The number of nitrogens with two attached hydrogens (primary N) is 2. The largest absolute Gasteiger partial charge is 0.456 e. The van der Waals surface area contributed by atoms with E-state index in [2.05, 4.69) is 5.32 Å². The van der Waals surface area contributed by atoms with Crippen LogP contribution >= 0.6 is 0 Å². The van der Waals surface area contributed by atoms with Crippen LogP contribution in [0.25, 0.3) is 0 Å². The van der Waals surface area contributed by atoms with Gasteiger partial charge < -0.3 is 21.5 Å². The molecule has 0 heterocycles. The van der Waals surface area contributed by atoms with Gasteiger partial charge in [0.15, 0.2) is 0 Å². The Labute approximate surface area is 177 Å². The van der Waals surface area contributed by atoms with Crippen molar-refractivity contribution in [1.29, 1.82) is 0 Å². The molecule has 0 aliphatic carbocycles. The monoisotopic (exact) mass is 425 g/mol. The van der Waals surface area contributed by atoms with E-state index in [1.165, 1.54) is 30.3 Å². The second-order valence-electron chi connectivity index (χ2n) is 7.08. The molecule has 8 heteroatoms. The van der Waals surface area contributed by atoms with E-state index >= 15 is 0 Å². The second-order valence-corrected chi connectivity index (χ2v) is 7.08. The fourth-order valence-corrected chi connectivity index (χ4v) is 2.97. The van der Waals surface area contributed by atoms with Gasteiger partial charge in [-0.2, -0.15) is 0 Å². The zero-order valence-electron chi connectivity index (χ0n) is 16.9. The number of aryl methyl sites for hydroxylation is 2. The van der Waals surface area contributed by atoms with E-state index < -0.39 is 29.5 Å². The zero-order valence-corrected chi connectivity index (χ0v) is 16.9. The molecule has 0 bridgehead atoms. The Bertz CT molecular complexity index is 1160. The van der Waals surface area contributed by atoms with E-state index in [4.69, 9.17) is 16.2 Å². The zero-order chi connectivity index (χ0) is 22.7. The molecule has 0 spiro atoms. The molecule has 160 valence electrons. The summed E-state index contributed by atoms with van der Waals surface area (Å²) < 4.78 is 33.2. The van der Waals surface area contributed by atoms with Gasteiger partial charge in [0.25, 0.3) is 5.91 Å². The molecule has 0 aliphatic heterocycles. The van der Waals surface area contributed by atoms with Gasteiger partial charge in [-0.15, -0.1) is 0 Å². The summed E-state index contributed by atoms with van der Waals surface area (Å²) in [6.07, 6.45) is 0. The van der Waals surface area contributed by atoms with Gasteiger partial charge in [-0.05, 0) is 67.9 Å². The molecule has 0 aromatic heterocycles. The Morgan fingerprint density at radius 2 is 1.68 bits per heavy atom.